The van der Waals surface area contributed by atoms with Crippen LogP contribution in [0, 0.1) is 11.3 Å². The van der Waals surface area contributed by atoms with Crippen molar-refractivity contribution in [2.45, 2.75) is 46.1 Å². The summed E-state index contributed by atoms with van der Waals surface area (Å²) in [5.74, 6) is 0.429. The number of nitrogens with zero attached hydrogens (tertiary/aromatic N) is 1. The van der Waals surface area contributed by atoms with E-state index in [-0.39, 0.29) is 11.5 Å². The highest BCUT2D eigenvalue weighted by molar-refractivity contribution is 7.16. The number of likely N-dealkylation sites (N-methyl/N-ethyl adjacent to an activating group) is 1. The van der Waals surface area contributed by atoms with Crippen molar-refractivity contribution in [3.8, 4) is 16.2 Å². The van der Waals surface area contributed by atoms with Crippen molar-refractivity contribution < 1.29 is 14.6 Å². The molecule has 4 rings (SSSR count). The third kappa shape index (κ3) is 3.58. The maximum Gasteiger partial charge on any atom is 0.337 e. The number of aromatic carboxylic acids is 1. The quantitative estimate of drug-likeness (QED) is 0.790. The molecule has 2 atom stereocenters. The molecular weight excluding hydrogens is 370 g/mol. The van der Waals surface area contributed by atoms with Crippen LogP contribution in [0.2, 0.25) is 0 Å². The highest BCUT2D eigenvalue weighted by Gasteiger charge is 2.34. The Kier molecular flexibility index (Phi) is 5.00. The number of aryl methyl sites for hydroxylation is 1. The molecule has 0 amide bonds. The van der Waals surface area contributed by atoms with E-state index in [4.69, 9.17) is 4.74 Å². The number of hydrogen-bond acceptors (Lipinski definition) is 4. The first-order chi connectivity index (χ1) is 13.2. The molecule has 1 aliphatic carbocycles. The van der Waals surface area contributed by atoms with E-state index in [2.05, 4.69) is 32.7 Å². The Morgan fingerprint density at radius 1 is 1.29 bits per heavy atom. The summed E-state index contributed by atoms with van der Waals surface area (Å²) < 4.78 is 6.42. The number of carboxylic acids is 1. The van der Waals surface area contributed by atoms with Gasteiger partial charge in [-0.15, -0.1) is 11.3 Å². The van der Waals surface area contributed by atoms with Crippen LogP contribution >= 0.6 is 11.3 Å². The maximum atomic E-state index is 12.2. The molecule has 28 heavy (non-hydrogen) atoms. The van der Waals surface area contributed by atoms with Crippen molar-refractivity contribution in [1.82, 2.24) is 4.90 Å². The zero-order valence-corrected chi connectivity index (χ0v) is 17.9. The second-order valence-corrected chi connectivity index (χ2v) is 10.3. The van der Waals surface area contributed by atoms with Crippen LogP contribution in [0.5, 0.6) is 5.75 Å². The average Bonchev–Trinajstić information content (AvgIpc) is 3.13. The fourth-order valence-corrected chi connectivity index (χ4v) is 5.92. The molecule has 1 aromatic carbocycles. The number of thiophene rings is 1. The molecule has 1 aliphatic heterocycles. The number of benzene rings is 1. The van der Waals surface area contributed by atoms with Gasteiger partial charge in [-0.1, -0.05) is 32.9 Å². The van der Waals surface area contributed by atoms with E-state index in [1.165, 1.54) is 4.88 Å². The van der Waals surface area contributed by atoms with Gasteiger partial charge in [0, 0.05) is 29.4 Å². The molecule has 150 valence electrons. The SMILES string of the molecule is C[C@@H]1CN(C)C[C@@H]1Oc1ccccc1-c1sc2c(c1C(=O)O)CC(C)(C)CC2. The number of carbonyl (C=O) groups is 1. The lowest BCUT2D eigenvalue weighted by Gasteiger charge is -2.29. The van der Waals surface area contributed by atoms with E-state index in [1.807, 2.05) is 24.3 Å². The molecular formula is C23H29NO3S. The second-order valence-electron chi connectivity index (χ2n) is 9.21. The Morgan fingerprint density at radius 3 is 2.71 bits per heavy atom. The monoisotopic (exact) mass is 399 g/mol. The maximum absolute atomic E-state index is 12.2. The zero-order valence-electron chi connectivity index (χ0n) is 17.1. The molecule has 2 heterocycles. The van der Waals surface area contributed by atoms with E-state index >= 15 is 0 Å². The molecule has 1 N–H and O–H groups in total. The van der Waals surface area contributed by atoms with E-state index in [0.29, 0.717) is 11.5 Å². The van der Waals surface area contributed by atoms with Gasteiger partial charge in [-0.3, -0.25) is 0 Å². The average molecular weight is 400 g/mol. The fourth-order valence-electron chi connectivity index (χ4n) is 4.58. The van der Waals surface area contributed by atoms with Gasteiger partial charge in [-0.25, -0.2) is 4.79 Å². The van der Waals surface area contributed by atoms with Crippen LogP contribution in [-0.4, -0.2) is 42.2 Å². The first kappa shape index (κ1) is 19.5. The Hall–Kier alpha value is -1.85. The summed E-state index contributed by atoms with van der Waals surface area (Å²) in [6, 6.07) is 7.93. The minimum absolute atomic E-state index is 0.132. The number of para-hydroxylation sites is 1. The van der Waals surface area contributed by atoms with Gasteiger partial charge >= 0.3 is 5.97 Å². The van der Waals surface area contributed by atoms with E-state index < -0.39 is 5.97 Å². The molecule has 0 saturated carbocycles. The van der Waals surface area contributed by atoms with Crippen LogP contribution in [0.3, 0.4) is 0 Å². The number of likely N-dealkylation sites (tertiary alicyclic amines) is 1. The van der Waals surface area contributed by atoms with Crippen molar-refractivity contribution in [2.75, 3.05) is 20.1 Å². The molecule has 1 aromatic heterocycles. The molecule has 0 spiro atoms. The third-order valence-corrected chi connectivity index (χ3v) is 7.45. The summed E-state index contributed by atoms with van der Waals surface area (Å²) in [6.07, 6.45) is 3.02. The second kappa shape index (κ2) is 7.20. The highest BCUT2D eigenvalue weighted by Crippen LogP contribution is 2.47. The summed E-state index contributed by atoms with van der Waals surface area (Å²) in [7, 11) is 2.11. The van der Waals surface area contributed by atoms with Gasteiger partial charge < -0.3 is 14.7 Å². The van der Waals surface area contributed by atoms with E-state index in [0.717, 1.165) is 54.1 Å². The number of rotatable bonds is 4. The molecule has 5 heteroatoms. The summed E-state index contributed by atoms with van der Waals surface area (Å²) in [6.45, 7) is 8.60. The first-order valence-corrected chi connectivity index (χ1v) is 10.9. The molecule has 1 saturated heterocycles. The molecule has 2 aliphatic rings. The Bertz CT molecular complexity index is 901. The van der Waals surface area contributed by atoms with Crippen LogP contribution in [0.15, 0.2) is 24.3 Å². The zero-order chi connectivity index (χ0) is 20.1. The molecule has 0 unspecified atom stereocenters. The Morgan fingerprint density at radius 2 is 2.04 bits per heavy atom. The molecule has 0 bridgehead atoms. The Labute approximate surface area is 171 Å². The predicted molar refractivity (Wildman–Crippen MR) is 114 cm³/mol. The lowest BCUT2D eigenvalue weighted by Crippen LogP contribution is -2.25. The van der Waals surface area contributed by atoms with Crippen molar-refractivity contribution >= 4 is 17.3 Å². The van der Waals surface area contributed by atoms with E-state index in [9.17, 15) is 9.90 Å². The standard InChI is InChI=1S/C23H29NO3S/c1-14-12-24(4)13-18(14)27-17-8-6-5-7-15(17)21-20(22(25)26)16-11-23(2,3)10-9-19(16)28-21/h5-8,14,18H,9-13H2,1-4H3,(H,25,26)/t14-,18+/m1/s1. The molecule has 1 fully saturated rings. The largest absolute Gasteiger partial charge is 0.488 e. The molecule has 2 aromatic rings. The van der Waals surface area contributed by atoms with Crippen LogP contribution in [0.4, 0.5) is 0 Å². The molecule has 4 nitrogen and oxygen atoms in total. The summed E-state index contributed by atoms with van der Waals surface area (Å²) in [5.41, 5.74) is 2.59. The van der Waals surface area contributed by atoms with Gasteiger partial charge in [0.2, 0.25) is 0 Å². The number of hydrogen-bond donors (Lipinski definition) is 1. The van der Waals surface area contributed by atoms with Crippen molar-refractivity contribution in [2.24, 2.45) is 11.3 Å². The molecule has 0 radical (unpaired) electrons. The van der Waals surface area contributed by atoms with Gasteiger partial charge in [0.05, 0.1) is 10.4 Å². The van der Waals surface area contributed by atoms with Crippen LogP contribution < -0.4 is 4.74 Å². The minimum Gasteiger partial charge on any atom is -0.488 e. The van der Waals surface area contributed by atoms with Gasteiger partial charge in [-0.2, -0.15) is 0 Å². The van der Waals surface area contributed by atoms with Crippen LogP contribution in [0.1, 0.15) is 48.0 Å². The van der Waals surface area contributed by atoms with Gasteiger partial charge in [-0.05, 0) is 49.4 Å². The predicted octanol–water partition coefficient (Wildman–Crippen LogP) is 4.96. The van der Waals surface area contributed by atoms with Gasteiger partial charge in [0.15, 0.2) is 0 Å². The van der Waals surface area contributed by atoms with Gasteiger partial charge in [0.1, 0.15) is 11.9 Å². The van der Waals surface area contributed by atoms with Crippen molar-refractivity contribution in [1.29, 1.82) is 0 Å². The van der Waals surface area contributed by atoms with Crippen LogP contribution in [0.25, 0.3) is 10.4 Å². The van der Waals surface area contributed by atoms with Crippen molar-refractivity contribution in [3.05, 3.63) is 40.3 Å². The number of fused-ring (bicyclic) bond motifs is 1. The number of carboxylic acid groups (broad SMARTS) is 1. The minimum atomic E-state index is -0.825. The van der Waals surface area contributed by atoms with Crippen LogP contribution in [-0.2, 0) is 12.8 Å². The van der Waals surface area contributed by atoms with Crippen molar-refractivity contribution in [3.63, 3.8) is 0 Å². The highest BCUT2D eigenvalue weighted by atomic mass is 32.1. The third-order valence-electron chi connectivity index (χ3n) is 6.12. The summed E-state index contributed by atoms with van der Waals surface area (Å²) >= 11 is 1.65. The smallest absolute Gasteiger partial charge is 0.337 e. The summed E-state index contributed by atoms with van der Waals surface area (Å²) in [5, 5.41) is 10.1. The Balaban J connectivity index is 1.76. The lowest BCUT2D eigenvalue weighted by molar-refractivity contribution is 0.0696. The first-order valence-electron chi connectivity index (χ1n) is 10.1. The van der Waals surface area contributed by atoms with Gasteiger partial charge in [0.25, 0.3) is 0 Å². The summed E-state index contributed by atoms with van der Waals surface area (Å²) in [4.78, 5) is 16.6. The number of ether oxygens (including phenoxy) is 1. The lowest BCUT2D eigenvalue weighted by atomic mass is 9.76. The fraction of sp³-hybridized carbons (Fsp3) is 0.522. The topological polar surface area (TPSA) is 49.8 Å². The van der Waals surface area contributed by atoms with E-state index in [1.54, 1.807) is 11.3 Å². The normalized spacial score (nSPS) is 24.1.